The topological polar surface area (TPSA) is 9.23 Å². The minimum absolute atomic E-state index is 0.240. The van der Waals surface area contributed by atoms with Gasteiger partial charge in [-0.1, -0.05) is 144 Å². The van der Waals surface area contributed by atoms with Crippen LogP contribution in [0.3, 0.4) is 0 Å². The van der Waals surface area contributed by atoms with Crippen molar-refractivity contribution in [1.82, 2.24) is 0 Å². The van der Waals surface area contributed by atoms with Gasteiger partial charge in [-0.3, -0.25) is 0 Å². The molecule has 0 amide bonds. The van der Waals surface area contributed by atoms with Crippen LogP contribution in [0.2, 0.25) is 57.4 Å². The number of hydrogen-bond acceptors (Lipinski definition) is 1. The molecule has 1 aromatic rings. The smallest absolute Gasteiger partial charge is 0.156 e. The Morgan fingerprint density at radius 3 is 1.55 bits per heavy atom. The minimum atomic E-state index is -1.30. The van der Waals surface area contributed by atoms with E-state index in [4.69, 9.17) is 4.12 Å². The Hall–Kier alpha value is 0.0475. The van der Waals surface area contributed by atoms with Gasteiger partial charge in [0.25, 0.3) is 0 Å². The van der Waals surface area contributed by atoms with Gasteiger partial charge in [-0.05, 0) is 19.1 Å². The Balaban J connectivity index is 2.37. The van der Waals surface area contributed by atoms with E-state index in [9.17, 15) is 0 Å². The van der Waals surface area contributed by atoms with Crippen molar-refractivity contribution in [2.75, 3.05) is 0 Å². The quantitative estimate of drug-likeness (QED) is 0.159. The van der Waals surface area contributed by atoms with E-state index in [0.29, 0.717) is 0 Å². The van der Waals surface area contributed by atoms with Gasteiger partial charge in [-0.2, -0.15) is 0 Å². The van der Waals surface area contributed by atoms with Crippen molar-refractivity contribution in [1.29, 1.82) is 0 Å². The van der Waals surface area contributed by atoms with E-state index < -0.39 is 25.2 Å². The summed E-state index contributed by atoms with van der Waals surface area (Å²) < 4.78 is 5.99. The van der Waals surface area contributed by atoms with Gasteiger partial charge in [0.1, 0.15) is 9.76 Å². The molecule has 0 aliphatic heterocycles. The predicted molar refractivity (Wildman–Crippen MR) is 155 cm³/mol. The molecule has 0 bridgehead atoms. The number of benzene rings is 1. The van der Waals surface area contributed by atoms with Crippen LogP contribution in [0.25, 0.3) is 0 Å². The molecule has 0 spiro atoms. The van der Waals surface area contributed by atoms with Gasteiger partial charge in [0.15, 0.2) is 9.04 Å². The summed E-state index contributed by atoms with van der Waals surface area (Å²) in [6, 6.07) is 14.3. The highest BCUT2D eigenvalue weighted by Gasteiger charge is 2.26. The lowest BCUT2D eigenvalue weighted by molar-refractivity contribution is 0.571. The summed E-state index contributed by atoms with van der Waals surface area (Å²) in [6.07, 6.45) is 14.3. The highest BCUT2D eigenvalue weighted by atomic mass is 28.3. The first kappa shape index (κ1) is 29.1. The second-order valence-corrected chi connectivity index (χ2v) is 25.5. The lowest BCUT2D eigenvalue weighted by atomic mass is 10.1. The molecule has 0 aliphatic carbocycles. The minimum Gasteiger partial charge on any atom is -0.463 e. The summed E-state index contributed by atoms with van der Waals surface area (Å²) in [4.78, 5) is 0. The second kappa shape index (κ2) is 15.8. The Bertz CT molecular complexity index is 569. The summed E-state index contributed by atoms with van der Waals surface area (Å²) in [5, 5.41) is 3.33. The maximum Gasteiger partial charge on any atom is 0.156 e. The molecule has 1 rings (SSSR count). The molecule has 180 valence electrons. The lowest BCUT2D eigenvalue weighted by Crippen LogP contribution is -2.45. The molecule has 0 aliphatic rings. The van der Waals surface area contributed by atoms with Gasteiger partial charge < -0.3 is 4.12 Å². The molecule has 0 atom stereocenters. The van der Waals surface area contributed by atoms with E-state index in [-0.39, 0.29) is 9.76 Å². The maximum absolute atomic E-state index is 5.99. The summed E-state index contributed by atoms with van der Waals surface area (Å²) in [6.45, 7) is 17.2. The first-order chi connectivity index (χ1) is 14.7. The number of hydrogen-bond donors (Lipinski definition) is 0. The van der Waals surface area contributed by atoms with Crippen LogP contribution in [0.5, 0.6) is 0 Å². The van der Waals surface area contributed by atoms with Crippen LogP contribution in [0, 0.1) is 0 Å². The molecule has 0 N–H and O–H groups in total. The first-order valence-electron chi connectivity index (χ1n) is 13.4. The Labute approximate surface area is 201 Å². The average Bonchev–Trinajstić information content (AvgIpc) is 2.72. The van der Waals surface area contributed by atoms with Crippen molar-refractivity contribution < 1.29 is 4.12 Å². The zero-order valence-electron chi connectivity index (χ0n) is 22.2. The Kier molecular flexibility index (Phi) is 14.8. The molecular formula is C26H54OSi4. The largest absolute Gasteiger partial charge is 0.463 e. The van der Waals surface area contributed by atoms with E-state index in [0.717, 1.165) is 0 Å². The SMILES string of the molecule is CCCCCCCCCCC[Si](C)(C)c1ccc([Si](C)(C)CCC[SiH2]O[SiH](C)C)cc1. The molecule has 0 heterocycles. The van der Waals surface area contributed by atoms with Crippen LogP contribution in [-0.4, -0.2) is 35.0 Å². The molecule has 1 nitrogen and oxygen atoms in total. The molecule has 5 heteroatoms. The van der Waals surface area contributed by atoms with E-state index in [1.807, 2.05) is 0 Å². The van der Waals surface area contributed by atoms with E-state index in [1.54, 1.807) is 10.4 Å². The lowest BCUT2D eigenvalue weighted by Gasteiger charge is -2.26. The van der Waals surface area contributed by atoms with Crippen LogP contribution in [0.4, 0.5) is 0 Å². The van der Waals surface area contributed by atoms with Gasteiger partial charge in [0.05, 0.1) is 16.1 Å². The maximum atomic E-state index is 5.99. The predicted octanol–water partition coefficient (Wildman–Crippen LogP) is 6.94. The van der Waals surface area contributed by atoms with Crippen molar-refractivity contribution in [3.8, 4) is 0 Å². The van der Waals surface area contributed by atoms with Crippen molar-refractivity contribution in [2.24, 2.45) is 0 Å². The van der Waals surface area contributed by atoms with E-state index >= 15 is 0 Å². The monoisotopic (exact) mass is 494 g/mol. The molecule has 0 radical (unpaired) electrons. The fourth-order valence-electron chi connectivity index (χ4n) is 4.53. The molecule has 0 unspecified atom stereocenters. The van der Waals surface area contributed by atoms with Crippen molar-refractivity contribution in [3.05, 3.63) is 24.3 Å². The fourth-order valence-corrected chi connectivity index (χ4v) is 13.0. The average molecular weight is 495 g/mol. The van der Waals surface area contributed by atoms with Crippen LogP contribution < -0.4 is 10.4 Å². The van der Waals surface area contributed by atoms with Crippen molar-refractivity contribution >= 4 is 45.3 Å². The third-order valence-corrected chi connectivity index (χ3v) is 18.4. The second-order valence-electron chi connectivity index (χ2n) is 11.3. The Morgan fingerprint density at radius 2 is 1.10 bits per heavy atom. The highest BCUT2D eigenvalue weighted by molar-refractivity contribution is 6.91. The van der Waals surface area contributed by atoms with Crippen LogP contribution in [0.1, 0.15) is 71.1 Å². The summed E-state index contributed by atoms with van der Waals surface area (Å²) in [5.41, 5.74) is 0. The van der Waals surface area contributed by atoms with Crippen molar-refractivity contribution in [2.45, 2.75) is 129 Å². The molecule has 0 aromatic heterocycles. The zero-order chi connectivity index (χ0) is 23.2. The molecular weight excluding hydrogens is 441 g/mol. The number of unbranched alkanes of at least 4 members (excludes halogenated alkanes) is 8. The van der Waals surface area contributed by atoms with E-state index in [2.05, 4.69) is 70.5 Å². The number of rotatable bonds is 18. The third kappa shape index (κ3) is 12.8. The van der Waals surface area contributed by atoms with Gasteiger partial charge in [-0.15, -0.1) is 0 Å². The molecule has 0 saturated carbocycles. The van der Waals surface area contributed by atoms with Gasteiger partial charge in [0.2, 0.25) is 0 Å². The van der Waals surface area contributed by atoms with Crippen LogP contribution in [0.15, 0.2) is 24.3 Å². The highest BCUT2D eigenvalue weighted by Crippen LogP contribution is 2.18. The van der Waals surface area contributed by atoms with Crippen LogP contribution >= 0.6 is 0 Å². The standard InChI is InChI=1S/C26H54OSi4/c1-8-9-10-11-12-13-14-15-16-23-30(4,5)25-18-20-26(21-19-25)31(6,7)24-17-22-28-27-29(2)3/h18-21,29H,8-17,22-24,28H2,1-7H3. The van der Waals surface area contributed by atoms with E-state index in [1.165, 1.54) is 82.3 Å². The van der Waals surface area contributed by atoms with Gasteiger partial charge in [-0.25, -0.2) is 0 Å². The summed E-state index contributed by atoms with van der Waals surface area (Å²) >= 11 is 0. The normalized spacial score (nSPS) is 13.0. The first-order valence-corrected chi connectivity index (χ1v) is 24.2. The van der Waals surface area contributed by atoms with Crippen molar-refractivity contribution in [3.63, 3.8) is 0 Å². The molecule has 0 saturated heterocycles. The Morgan fingerprint density at radius 1 is 0.677 bits per heavy atom. The van der Waals surface area contributed by atoms with Crippen LogP contribution in [-0.2, 0) is 4.12 Å². The van der Waals surface area contributed by atoms with Gasteiger partial charge >= 0.3 is 0 Å². The third-order valence-electron chi connectivity index (χ3n) is 7.00. The molecule has 1 aromatic carbocycles. The molecule has 0 fully saturated rings. The van der Waals surface area contributed by atoms with Gasteiger partial charge in [0, 0.05) is 0 Å². The summed E-state index contributed by atoms with van der Waals surface area (Å²) in [7, 11) is -3.60. The zero-order valence-corrected chi connectivity index (χ0v) is 26.8. The summed E-state index contributed by atoms with van der Waals surface area (Å²) in [5.74, 6) is 0. The molecule has 31 heavy (non-hydrogen) atoms. The fraction of sp³-hybridized carbons (Fsp3) is 0.769.